The quantitative estimate of drug-likeness (QED) is 0.365. The van der Waals surface area contributed by atoms with Crippen molar-refractivity contribution in [1.82, 2.24) is 15.1 Å². The fourth-order valence-electron chi connectivity index (χ4n) is 4.39. The number of unbranched alkanes of at least 4 members (excludes halogenated alkanes) is 1. The summed E-state index contributed by atoms with van der Waals surface area (Å²) in [6.07, 6.45) is 2.89. The van der Waals surface area contributed by atoms with Crippen LogP contribution in [0.1, 0.15) is 64.5 Å². The van der Waals surface area contributed by atoms with Crippen molar-refractivity contribution >= 4 is 12.1 Å². The van der Waals surface area contributed by atoms with E-state index in [2.05, 4.69) is 12.2 Å². The van der Waals surface area contributed by atoms with E-state index in [0.29, 0.717) is 57.1 Å². The number of nitrogens with zero attached hydrogens (tertiary/aromatic N) is 2. The summed E-state index contributed by atoms with van der Waals surface area (Å²) >= 11 is 0. The molecule has 3 amide bonds. The molecule has 0 bridgehead atoms. The first-order valence-corrected chi connectivity index (χ1v) is 13.7. The second-order valence-electron chi connectivity index (χ2n) is 10.8. The Hall–Kier alpha value is -3.49. The second-order valence-corrected chi connectivity index (χ2v) is 10.8. The number of halogens is 1. The summed E-state index contributed by atoms with van der Waals surface area (Å²) in [5.41, 5.74) is 1.14. The molecule has 1 fully saturated rings. The van der Waals surface area contributed by atoms with Crippen LogP contribution in [0.25, 0.3) is 0 Å². The number of hydrogen-bond donors (Lipinski definition) is 1. The van der Waals surface area contributed by atoms with Crippen molar-refractivity contribution < 1.29 is 28.2 Å². The zero-order valence-electron chi connectivity index (χ0n) is 23.8. The summed E-state index contributed by atoms with van der Waals surface area (Å²) < 4.78 is 30.3. The molecule has 0 atom stereocenters. The molecule has 8 nitrogen and oxygen atoms in total. The number of nitrogens with one attached hydrogen (secondary N) is 1. The van der Waals surface area contributed by atoms with E-state index in [9.17, 15) is 14.0 Å². The number of ether oxygens (including phenoxy) is 3. The maximum absolute atomic E-state index is 13.5. The van der Waals surface area contributed by atoms with E-state index in [1.54, 1.807) is 29.0 Å². The van der Waals surface area contributed by atoms with E-state index in [4.69, 9.17) is 14.2 Å². The standard InChI is InChI=1S/C30H42FN3O5/c1-6-7-18-38-26-13-10-23(19-27(26)37-5)20-32-28(35)34(21-22-8-11-24(31)12-9-22)25-14-16-33(17-15-25)29(36)39-30(2,3)4/h8-13,19,25H,6-7,14-18,20-21H2,1-5H3,(H,32,35). The Labute approximate surface area is 231 Å². The average Bonchev–Trinajstić information content (AvgIpc) is 2.91. The molecular weight excluding hydrogens is 501 g/mol. The first-order chi connectivity index (χ1) is 18.6. The van der Waals surface area contributed by atoms with Gasteiger partial charge in [-0.05, 0) is 75.4 Å². The SMILES string of the molecule is CCCCOc1ccc(CNC(=O)N(Cc2ccc(F)cc2)C2CCN(C(=O)OC(C)(C)C)CC2)cc1OC. The Kier molecular flexibility index (Phi) is 10.8. The molecule has 0 radical (unpaired) electrons. The molecule has 0 spiro atoms. The van der Waals surface area contributed by atoms with Crippen molar-refractivity contribution in [2.45, 2.75) is 78.1 Å². The minimum Gasteiger partial charge on any atom is -0.493 e. The lowest BCUT2D eigenvalue weighted by Gasteiger charge is -2.39. The van der Waals surface area contributed by atoms with Crippen LogP contribution < -0.4 is 14.8 Å². The topological polar surface area (TPSA) is 80.3 Å². The van der Waals surface area contributed by atoms with Crippen molar-refractivity contribution in [3.63, 3.8) is 0 Å². The van der Waals surface area contributed by atoms with Crippen LogP contribution in [-0.4, -0.2) is 60.4 Å². The summed E-state index contributed by atoms with van der Waals surface area (Å²) in [6.45, 7) is 9.87. The molecule has 1 saturated heterocycles. The molecule has 214 valence electrons. The predicted molar refractivity (Wildman–Crippen MR) is 148 cm³/mol. The highest BCUT2D eigenvalue weighted by Crippen LogP contribution is 2.28. The first-order valence-electron chi connectivity index (χ1n) is 13.7. The molecule has 3 rings (SSSR count). The second kappa shape index (κ2) is 14.1. The molecule has 0 unspecified atom stereocenters. The van der Waals surface area contributed by atoms with Crippen LogP contribution in [0.5, 0.6) is 11.5 Å². The highest BCUT2D eigenvalue weighted by molar-refractivity contribution is 5.75. The van der Waals surface area contributed by atoms with Gasteiger partial charge in [0.05, 0.1) is 13.7 Å². The van der Waals surface area contributed by atoms with Gasteiger partial charge in [-0.1, -0.05) is 31.5 Å². The van der Waals surface area contributed by atoms with E-state index in [-0.39, 0.29) is 24.0 Å². The molecule has 2 aromatic carbocycles. The maximum atomic E-state index is 13.5. The molecule has 0 aliphatic carbocycles. The number of hydrogen-bond acceptors (Lipinski definition) is 5. The van der Waals surface area contributed by atoms with Gasteiger partial charge in [0.2, 0.25) is 0 Å². The van der Waals surface area contributed by atoms with Gasteiger partial charge in [0.15, 0.2) is 11.5 Å². The fraction of sp³-hybridized carbons (Fsp3) is 0.533. The van der Waals surface area contributed by atoms with Crippen LogP contribution in [-0.2, 0) is 17.8 Å². The third-order valence-corrected chi connectivity index (χ3v) is 6.51. The Morgan fingerprint density at radius 2 is 1.72 bits per heavy atom. The maximum Gasteiger partial charge on any atom is 0.410 e. The molecule has 9 heteroatoms. The lowest BCUT2D eigenvalue weighted by atomic mass is 10.0. The zero-order chi connectivity index (χ0) is 28.4. The molecule has 0 aromatic heterocycles. The smallest absolute Gasteiger partial charge is 0.410 e. The van der Waals surface area contributed by atoms with Gasteiger partial charge in [0.1, 0.15) is 11.4 Å². The third-order valence-electron chi connectivity index (χ3n) is 6.51. The van der Waals surface area contributed by atoms with Crippen LogP contribution in [0.3, 0.4) is 0 Å². The van der Waals surface area contributed by atoms with E-state index in [1.807, 2.05) is 39.0 Å². The lowest BCUT2D eigenvalue weighted by molar-refractivity contribution is 0.0161. The Balaban J connectivity index is 1.67. The Morgan fingerprint density at radius 3 is 2.33 bits per heavy atom. The molecule has 1 N–H and O–H groups in total. The molecule has 1 heterocycles. The number of benzene rings is 2. The largest absolute Gasteiger partial charge is 0.493 e. The molecule has 1 aliphatic rings. The highest BCUT2D eigenvalue weighted by atomic mass is 19.1. The zero-order valence-corrected chi connectivity index (χ0v) is 23.8. The van der Waals surface area contributed by atoms with Crippen molar-refractivity contribution in [3.8, 4) is 11.5 Å². The van der Waals surface area contributed by atoms with Crippen LogP contribution in [0, 0.1) is 5.82 Å². The van der Waals surface area contributed by atoms with Gasteiger partial charge < -0.3 is 29.3 Å². The number of amides is 3. The summed E-state index contributed by atoms with van der Waals surface area (Å²) in [5.74, 6) is 0.975. The first kappa shape index (κ1) is 30.1. The number of methoxy groups -OCH3 is 1. The van der Waals surface area contributed by atoms with Crippen molar-refractivity contribution in [2.24, 2.45) is 0 Å². The van der Waals surface area contributed by atoms with Gasteiger partial charge in [0, 0.05) is 32.2 Å². The van der Waals surface area contributed by atoms with Crippen molar-refractivity contribution in [3.05, 3.63) is 59.4 Å². The van der Waals surface area contributed by atoms with Gasteiger partial charge in [-0.3, -0.25) is 0 Å². The van der Waals surface area contributed by atoms with Crippen LogP contribution in [0.15, 0.2) is 42.5 Å². The average molecular weight is 544 g/mol. The molecule has 2 aromatic rings. The minimum atomic E-state index is -0.565. The third kappa shape index (κ3) is 9.33. The molecular formula is C30H42FN3O5. The van der Waals surface area contributed by atoms with Crippen LogP contribution in [0.4, 0.5) is 14.0 Å². The summed E-state index contributed by atoms with van der Waals surface area (Å²) in [7, 11) is 1.60. The molecule has 1 aliphatic heterocycles. The van der Waals surface area contributed by atoms with Crippen molar-refractivity contribution in [2.75, 3.05) is 26.8 Å². The normalized spacial score (nSPS) is 14.1. The van der Waals surface area contributed by atoms with Gasteiger partial charge in [-0.2, -0.15) is 0 Å². The summed E-state index contributed by atoms with van der Waals surface area (Å²) in [5, 5.41) is 3.03. The number of rotatable bonds is 10. The van der Waals surface area contributed by atoms with E-state index < -0.39 is 5.60 Å². The number of urea groups is 1. The number of likely N-dealkylation sites (tertiary alicyclic amines) is 1. The van der Waals surface area contributed by atoms with Gasteiger partial charge >= 0.3 is 12.1 Å². The summed E-state index contributed by atoms with van der Waals surface area (Å²) in [4.78, 5) is 29.4. The fourth-order valence-corrected chi connectivity index (χ4v) is 4.39. The summed E-state index contributed by atoms with van der Waals surface area (Å²) in [6, 6.07) is 11.5. The van der Waals surface area contributed by atoms with E-state index in [0.717, 1.165) is 24.0 Å². The molecule has 39 heavy (non-hydrogen) atoms. The van der Waals surface area contributed by atoms with Crippen LogP contribution >= 0.6 is 0 Å². The van der Waals surface area contributed by atoms with E-state index >= 15 is 0 Å². The number of carbonyl (C=O) groups is 2. The number of piperidine rings is 1. The van der Waals surface area contributed by atoms with Gasteiger partial charge in [-0.15, -0.1) is 0 Å². The Morgan fingerprint density at radius 1 is 1.05 bits per heavy atom. The lowest BCUT2D eigenvalue weighted by Crippen LogP contribution is -2.51. The molecule has 0 saturated carbocycles. The van der Waals surface area contributed by atoms with E-state index in [1.165, 1.54) is 12.1 Å². The van der Waals surface area contributed by atoms with Gasteiger partial charge in [0.25, 0.3) is 0 Å². The minimum absolute atomic E-state index is 0.0855. The highest BCUT2D eigenvalue weighted by Gasteiger charge is 2.31. The van der Waals surface area contributed by atoms with Crippen LogP contribution in [0.2, 0.25) is 0 Å². The van der Waals surface area contributed by atoms with Gasteiger partial charge in [-0.25, -0.2) is 14.0 Å². The number of carbonyl (C=O) groups excluding carboxylic acids is 2. The van der Waals surface area contributed by atoms with Crippen molar-refractivity contribution in [1.29, 1.82) is 0 Å². The Bertz CT molecular complexity index is 1080. The monoisotopic (exact) mass is 543 g/mol. The predicted octanol–water partition coefficient (Wildman–Crippen LogP) is 6.12.